The number of carboxylic acids is 1. The van der Waals surface area contributed by atoms with E-state index in [0.717, 1.165) is 21.3 Å². The van der Waals surface area contributed by atoms with Crippen LogP contribution in [0.4, 0.5) is 0 Å². The molecule has 124 valence electrons. The van der Waals surface area contributed by atoms with Crippen molar-refractivity contribution in [1.29, 1.82) is 0 Å². The maximum atomic E-state index is 12.7. The average molecular weight is 390 g/mol. The fourth-order valence-corrected chi connectivity index (χ4v) is 3.31. The lowest BCUT2D eigenvalue weighted by Gasteiger charge is -2.06. The lowest BCUT2D eigenvalue weighted by atomic mass is 10.1. The van der Waals surface area contributed by atoms with E-state index in [4.69, 9.17) is 5.11 Å². The van der Waals surface area contributed by atoms with Gasteiger partial charge in [-0.15, -0.1) is 0 Å². The summed E-state index contributed by atoms with van der Waals surface area (Å²) in [4.78, 5) is 28.1. The third-order valence-electron chi connectivity index (χ3n) is 3.99. The normalized spacial score (nSPS) is 11.1. The predicted octanol–water partition coefficient (Wildman–Crippen LogP) is 3.09. The van der Waals surface area contributed by atoms with Crippen LogP contribution in [-0.4, -0.2) is 25.7 Å². The van der Waals surface area contributed by atoms with Crippen molar-refractivity contribution in [3.63, 3.8) is 0 Å². The van der Waals surface area contributed by atoms with Gasteiger partial charge in [0.2, 0.25) is 0 Å². The van der Waals surface area contributed by atoms with Crippen molar-refractivity contribution >= 4 is 27.5 Å². The number of hydrogen-bond acceptors (Lipinski definition) is 3. The first kappa shape index (κ1) is 16.4. The number of hydrogen-bond donors (Lipinski definition) is 2. The van der Waals surface area contributed by atoms with Gasteiger partial charge in [0, 0.05) is 39.0 Å². The molecule has 0 aliphatic carbocycles. The van der Waals surface area contributed by atoms with Crippen molar-refractivity contribution in [2.75, 3.05) is 0 Å². The van der Waals surface area contributed by atoms with Gasteiger partial charge in [-0.05, 0) is 26.3 Å². The van der Waals surface area contributed by atoms with E-state index in [1.165, 1.54) is 4.52 Å². The summed E-state index contributed by atoms with van der Waals surface area (Å²) in [6.07, 6.45) is 0.0684. The van der Waals surface area contributed by atoms with E-state index in [0.29, 0.717) is 16.9 Å². The number of nitrogens with zero attached hydrogens (tertiary/aromatic N) is 2. The van der Waals surface area contributed by atoms with E-state index >= 15 is 0 Å². The maximum Gasteiger partial charge on any atom is 0.303 e. The quantitative estimate of drug-likeness (QED) is 0.717. The van der Waals surface area contributed by atoms with Gasteiger partial charge in [-0.25, -0.2) is 9.50 Å². The fourth-order valence-electron chi connectivity index (χ4n) is 2.83. The second-order valence-corrected chi connectivity index (χ2v) is 6.48. The Balaban J connectivity index is 2.25. The molecule has 0 unspecified atom stereocenters. The molecule has 2 N–H and O–H groups in total. The number of halogens is 1. The molecular weight excluding hydrogens is 374 g/mol. The minimum Gasteiger partial charge on any atom is -0.481 e. The highest BCUT2D eigenvalue weighted by Gasteiger charge is 2.19. The Hall–Kier alpha value is -2.41. The SMILES string of the molecule is Cc1nc2c(-c3ccccc3Br)c(C)[nH]n2c(=O)c1CCC(=O)O. The second-order valence-electron chi connectivity index (χ2n) is 5.63. The molecule has 0 amide bonds. The predicted molar refractivity (Wildman–Crippen MR) is 94.4 cm³/mol. The van der Waals surface area contributed by atoms with E-state index in [2.05, 4.69) is 26.0 Å². The summed E-state index contributed by atoms with van der Waals surface area (Å²) in [6.45, 7) is 3.62. The summed E-state index contributed by atoms with van der Waals surface area (Å²) >= 11 is 3.54. The lowest BCUT2D eigenvalue weighted by Crippen LogP contribution is -2.22. The van der Waals surface area contributed by atoms with Crippen LogP contribution in [0.15, 0.2) is 33.5 Å². The van der Waals surface area contributed by atoms with Gasteiger partial charge in [0.05, 0.1) is 0 Å². The zero-order valence-corrected chi connectivity index (χ0v) is 14.8. The fraction of sp³-hybridized carbons (Fsp3) is 0.235. The first-order chi connectivity index (χ1) is 11.4. The maximum absolute atomic E-state index is 12.7. The second kappa shape index (κ2) is 6.24. The Kier molecular flexibility index (Phi) is 4.28. The van der Waals surface area contributed by atoms with Crippen molar-refractivity contribution < 1.29 is 9.90 Å². The molecule has 0 aliphatic rings. The van der Waals surface area contributed by atoms with Gasteiger partial charge in [0.15, 0.2) is 5.65 Å². The van der Waals surface area contributed by atoms with E-state index < -0.39 is 5.97 Å². The number of aliphatic carboxylic acids is 1. The van der Waals surface area contributed by atoms with Gasteiger partial charge in [-0.1, -0.05) is 34.1 Å². The van der Waals surface area contributed by atoms with Crippen LogP contribution >= 0.6 is 15.9 Å². The van der Waals surface area contributed by atoms with Crippen molar-refractivity contribution in [2.24, 2.45) is 0 Å². The van der Waals surface area contributed by atoms with E-state index in [-0.39, 0.29) is 18.4 Å². The smallest absolute Gasteiger partial charge is 0.303 e. The van der Waals surface area contributed by atoms with Gasteiger partial charge in [0.1, 0.15) is 0 Å². The van der Waals surface area contributed by atoms with Crippen LogP contribution < -0.4 is 5.56 Å². The van der Waals surface area contributed by atoms with Crippen LogP contribution in [0, 0.1) is 13.8 Å². The zero-order chi connectivity index (χ0) is 17.4. The molecule has 2 aromatic heterocycles. The number of carbonyl (C=O) groups is 1. The van der Waals surface area contributed by atoms with Gasteiger partial charge < -0.3 is 5.11 Å². The Morgan fingerprint density at radius 3 is 2.71 bits per heavy atom. The topological polar surface area (TPSA) is 87.5 Å². The standard InChI is InChI=1S/C17H16BrN3O3/c1-9-11(7-8-14(22)23)17(24)21-16(19-9)15(10(2)20-21)12-5-3-4-6-13(12)18/h3-6,20H,7-8H2,1-2H3,(H,22,23). The number of nitrogens with one attached hydrogen (secondary N) is 1. The minimum absolute atomic E-state index is 0.0966. The highest BCUT2D eigenvalue weighted by molar-refractivity contribution is 9.10. The van der Waals surface area contributed by atoms with Crippen molar-refractivity contribution in [1.82, 2.24) is 14.6 Å². The number of benzene rings is 1. The summed E-state index contributed by atoms with van der Waals surface area (Å²) in [6, 6.07) is 7.74. The summed E-state index contributed by atoms with van der Waals surface area (Å²) < 4.78 is 2.31. The molecule has 0 spiro atoms. The molecular formula is C17H16BrN3O3. The third kappa shape index (κ3) is 2.75. The number of H-pyrrole nitrogens is 1. The number of fused-ring (bicyclic) bond motifs is 1. The lowest BCUT2D eigenvalue weighted by molar-refractivity contribution is -0.136. The van der Waals surface area contributed by atoms with Crippen molar-refractivity contribution in [3.05, 3.63) is 56.0 Å². The molecule has 3 rings (SSSR count). The van der Waals surface area contributed by atoms with E-state index in [1.54, 1.807) is 6.92 Å². The summed E-state index contributed by atoms with van der Waals surface area (Å²) in [5.74, 6) is -0.935. The summed E-state index contributed by atoms with van der Waals surface area (Å²) in [5.41, 5.74) is 3.90. The molecule has 0 bridgehead atoms. The van der Waals surface area contributed by atoms with E-state index in [1.807, 2.05) is 31.2 Å². The van der Waals surface area contributed by atoms with Gasteiger partial charge >= 0.3 is 5.97 Å². The van der Waals surface area contributed by atoms with Crippen LogP contribution in [0.25, 0.3) is 16.8 Å². The Bertz CT molecular complexity index is 1000. The molecule has 3 aromatic rings. The molecule has 1 aromatic carbocycles. The first-order valence-corrected chi connectivity index (χ1v) is 8.27. The number of aromatic amines is 1. The number of aryl methyl sites for hydroxylation is 2. The van der Waals surface area contributed by atoms with E-state index in [9.17, 15) is 9.59 Å². The van der Waals surface area contributed by atoms with Crippen LogP contribution in [0.3, 0.4) is 0 Å². The van der Waals surface area contributed by atoms with Crippen molar-refractivity contribution in [2.45, 2.75) is 26.7 Å². The Labute approximate surface area is 146 Å². The molecule has 6 nitrogen and oxygen atoms in total. The number of carboxylic acid groups (broad SMARTS) is 1. The highest BCUT2D eigenvalue weighted by atomic mass is 79.9. The molecule has 0 radical (unpaired) electrons. The molecule has 0 saturated heterocycles. The molecule has 7 heteroatoms. The summed E-state index contributed by atoms with van der Waals surface area (Å²) in [7, 11) is 0. The zero-order valence-electron chi connectivity index (χ0n) is 13.3. The van der Waals surface area contributed by atoms with Gasteiger partial charge in [-0.3, -0.25) is 14.7 Å². The number of rotatable bonds is 4. The molecule has 0 aliphatic heterocycles. The number of aromatic nitrogens is 3. The first-order valence-electron chi connectivity index (χ1n) is 7.47. The minimum atomic E-state index is -0.935. The Morgan fingerprint density at radius 1 is 1.33 bits per heavy atom. The monoisotopic (exact) mass is 389 g/mol. The van der Waals surface area contributed by atoms with Crippen molar-refractivity contribution in [3.8, 4) is 11.1 Å². The molecule has 0 fully saturated rings. The van der Waals surface area contributed by atoms with Crippen LogP contribution in [0.1, 0.15) is 23.4 Å². The molecule has 0 atom stereocenters. The molecule has 0 saturated carbocycles. The van der Waals surface area contributed by atoms with Crippen LogP contribution in [0.2, 0.25) is 0 Å². The highest BCUT2D eigenvalue weighted by Crippen LogP contribution is 2.32. The van der Waals surface area contributed by atoms with Gasteiger partial charge in [-0.2, -0.15) is 0 Å². The van der Waals surface area contributed by atoms with Crippen LogP contribution in [-0.2, 0) is 11.2 Å². The third-order valence-corrected chi connectivity index (χ3v) is 4.69. The molecule has 2 heterocycles. The average Bonchev–Trinajstić information content (AvgIpc) is 2.84. The van der Waals surface area contributed by atoms with Crippen LogP contribution in [0.5, 0.6) is 0 Å². The van der Waals surface area contributed by atoms with Gasteiger partial charge in [0.25, 0.3) is 5.56 Å². The molecule has 24 heavy (non-hydrogen) atoms. The largest absolute Gasteiger partial charge is 0.481 e. The Morgan fingerprint density at radius 2 is 2.04 bits per heavy atom. The summed E-state index contributed by atoms with van der Waals surface area (Å²) in [5, 5.41) is 11.9.